The zero-order valence-electron chi connectivity index (χ0n) is 38.1. The molecule has 0 saturated carbocycles. The van der Waals surface area contributed by atoms with Gasteiger partial charge in [0.1, 0.15) is 0 Å². The molecule has 0 aliphatic heterocycles. The second kappa shape index (κ2) is 17.5. The van der Waals surface area contributed by atoms with E-state index < -0.39 is 0 Å². The lowest BCUT2D eigenvalue weighted by molar-refractivity contribution is 1.26. The van der Waals surface area contributed by atoms with Crippen molar-refractivity contribution in [2.45, 2.75) is 27.7 Å². The number of hydrogen-bond donors (Lipinski definition) is 0. The highest BCUT2D eigenvalue weighted by Crippen LogP contribution is 2.56. The average molecular weight is 951 g/mol. The third-order valence-corrected chi connectivity index (χ3v) is 16.5. The van der Waals surface area contributed by atoms with Crippen molar-refractivity contribution < 1.29 is 0 Å². The van der Waals surface area contributed by atoms with Crippen molar-refractivity contribution in [2.75, 3.05) is 19.6 Å². The van der Waals surface area contributed by atoms with E-state index in [1.807, 2.05) is 0 Å². The van der Waals surface area contributed by atoms with Gasteiger partial charge in [-0.3, -0.25) is 0 Å². The molecule has 12 rings (SSSR count). The molecule has 4 heterocycles. The molecule has 8 heteroatoms. The first-order valence-electron chi connectivity index (χ1n) is 22.8. The van der Waals surface area contributed by atoms with Crippen LogP contribution in [0.5, 0.6) is 0 Å². The van der Waals surface area contributed by atoms with E-state index in [9.17, 15) is 0 Å². The van der Waals surface area contributed by atoms with Crippen LogP contribution in [0.4, 0.5) is 65.5 Å². The number of hydrogen-bond acceptors (Lipinski definition) is 8. The zero-order chi connectivity index (χ0) is 45.9. The van der Waals surface area contributed by atoms with Crippen LogP contribution in [0.25, 0.3) is 32.3 Å². The van der Waals surface area contributed by atoms with Crippen LogP contribution in [0.3, 0.4) is 0 Å². The van der Waals surface area contributed by atoms with E-state index in [1.165, 1.54) is 54.6 Å². The minimum atomic E-state index is 1.13. The first-order chi connectivity index (χ1) is 33.4. The molecule has 0 spiro atoms. The second-order valence-electron chi connectivity index (χ2n) is 17.2. The van der Waals surface area contributed by atoms with Crippen molar-refractivity contribution >= 4 is 143 Å². The van der Waals surface area contributed by atoms with Crippen molar-refractivity contribution in [3.05, 3.63) is 226 Å². The highest BCUT2D eigenvalue weighted by Gasteiger charge is 2.30. The molecule has 4 aromatic heterocycles. The molecule has 0 aliphatic rings. The van der Waals surface area contributed by atoms with Crippen LogP contribution < -0.4 is 19.6 Å². The molecule has 0 bridgehead atoms. The molecule has 0 unspecified atom stereocenters. The van der Waals surface area contributed by atoms with Crippen LogP contribution in [0.15, 0.2) is 204 Å². The lowest BCUT2D eigenvalue weighted by atomic mass is 9.89. The van der Waals surface area contributed by atoms with Crippen LogP contribution in [-0.4, -0.2) is 0 Å². The van der Waals surface area contributed by atoms with Crippen LogP contribution in [-0.2, 0) is 0 Å². The van der Waals surface area contributed by atoms with Gasteiger partial charge in [0.05, 0.1) is 42.8 Å². The van der Waals surface area contributed by atoms with Crippen LogP contribution in [0.2, 0.25) is 0 Å². The quantitative estimate of drug-likeness (QED) is 0.113. The molecule has 0 radical (unpaired) electrons. The minimum Gasteiger partial charge on any atom is -0.301 e. The molecule has 8 aromatic carbocycles. The fourth-order valence-corrected chi connectivity index (χ4v) is 13.0. The average Bonchev–Trinajstić information content (AvgIpc) is 4.23. The Morgan fingerprint density at radius 2 is 0.485 bits per heavy atom. The Bertz CT molecular complexity index is 3230. The number of para-hydroxylation sites is 4. The van der Waals surface area contributed by atoms with E-state index in [0.29, 0.717) is 0 Å². The Balaban J connectivity index is 1.29. The lowest BCUT2D eigenvalue weighted by Gasteiger charge is -2.34. The number of rotatable bonds is 12. The van der Waals surface area contributed by atoms with Gasteiger partial charge in [-0.2, -0.15) is 0 Å². The standard InChI is InChI=1S/C60H46N4S4/c1-39-17-5-9-21-47(39)61(55-25-13-33-65-55)51-37-52(62(56-26-14-34-66-56)48-22-10-6-18-40(48)2)44-31-32-46-54(64(58-28-16-36-68-58)50-24-12-8-20-42(50)4)38-53(45-30-29-43(51)59(44)60(45)46)63(57-27-15-35-67-57)49-23-11-7-19-41(49)3/h5-38H,1-4H3. The van der Waals surface area contributed by atoms with Gasteiger partial charge < -0.3 is 19.6 Å². The molecule has 0 aliphatic carbocycles. The van der Waals surface area contributed by atoms with Crippen molar-refractivity contribution in [1.82, 2.24) is 0 Å². The zero-order valence-corrected chi connectivity index (χ0v) is 41.3. The summed E-state index contributed by atoms with van der Waals surface area (Å²) in [5.41, 5.74) is 14.0. The Hall–Kier alpha value is -7.20. The van der Waals surface area contributed by atoms with E-state index in [1.54, 1.807) is 45.3 Å². The maximum Gasteiger partial charge on any atom is 0.0999 e. The number of thiophene rings is 4. The summed E-state index contributed by atoms with van der Waals surface area (Å²) in [4.78, 5) is 9.99. The van der Waals surface area contributed by atoms with Gasteiger partial charge in [0.25, 0.3) is 0 Å². The van der Waals surface area contributed by atoms with Crippen LogP contribution >= 0.6 is 45.3 Å². The van der Waals surface area contributed by atoms with Crippen LogP contribution in [0.1, 0.15) is 22.3 Å². The predicted molar refractivity (Wildman–Crippen MR) is 299 cm³/mol. The van der Waals surface area contributed by atoms with E-state index in [2.05, 4.69) is 251 Å². The van der Waals surface area contributed by atoms with E-state index in [4.69, 9.17) is 0 Å². The number of benzene rings is 8. The number of nitrogens with zero attached hydrogens (tertiary/aromatic N) is 4. The predicted octanol–water partition coefficient (Wildman–Crippen LogP) is 19.9. The van der Waals surface area contributed by atoms with Gasteiger partial charge >= 0.3 is 0 Å². The molecule has 0 N–H and O–H groups in total. The van der Waals surface area contributed by atoms with Crippen LogP contribution in [0, 0.1) is 27.7 Å². The third-order valence-electron chi connectivity index (χ3n) is 13.1. The van der Waals surface area contributed by atoms with E-state index in [0.717, 1.165) is 65.5 Å². The molecule has 68 heavy (non-hydrogen) atoms. The Kier molecular flexibility index (Phi) is 10.8. The number of aryl methyl sites for hydroxylation is 4. The maximum atomic E-state index is 2.50. The fraction of sp³-hybridized carbons (Fsp3) is 0.0667. The van der Waals surface area contributed by atoms with Gasteiger partial charge in [0, 0.05) is 55.1 Å². The molecular weight excluding hydrogens is 905 g/mol. The SMILES string of the molecule is Cc1ccccc1N(c1cccs1)c1cc(N(c2cccs2)c2ccccc2C)c2ccc3c(N(c4cccs4)c4ccccc4C)cc(N(c4cccs4)c4ccccc4C)c4ccc1c2c43. The normalized spacial score (nSPS) is 11.5. The molecule has 0 atom stereocenters. The van der Waals surface area contributed by atoms with Gasteiger partial charge in [0.15, 0.2) is 0 Å². The fourth-order valence-electron chi connectivity index (χ4n) is 9.97. The largest absolute Gasteiger partial charge is 0.301 e. The van der Waals surface area contributed by atoms with Gasteiger partial charge in [0.2, 0.25) is 0 Å². The summed E-state index contributed by atoms with van der Waals surface area (Å²) in [7, 11) is 0. The summed E-state index contributed by atoms with van der Waals surface area (Å²) < 4.78 is 0. The third kappa shape index (κ3) is 7.06. The summed E-state index contributed by atoms with van der Waals surface area (Å²) in [5, 5.41) is 20.6. The highest BCUT2D eigenvalue weighted by atomic mass is 32.1. The second-order valence-corrected chi connectivity index (χ2v) is 20.9. The van der Waals surface area contributed by atoms with Gasteiger partial charge in [-0.05, 0) is 156 Å². The first kappa shape index (κ1) is 42.2. The molecule has 0 amide bonds. The minimum absolute atomic E-state index is 1.13. The van der Waals surface area contributed by atoms with Gasteiger partial charge in [-0.15, -0.1) is 45.3 Å². The first-order valence-corrected chi connectivity index (χ1v) is 26.3. The molecule has 0 saturated heterocycles. The summed E-state index contributed by atoms with van der Waals surface area (Å²) in [6, 6.07) is 67.4. The highest BCUT2D eigenvalue weighted by molar-refractivity contribution is 7.15. The monoisotopic (exact) mass is 950 g/mol. The maximum absolute atomic E-state index is 2.50. The smallest absolute Gasteiger partial charge is 0.0999 e. The molecule has 4 nitrogen and oxygen atoms in total. The van der Waals surface area contributed by atoms with Gasteiger partial charge in [-0.25, -0.2) is 0 Å². The van der Waals surface area contributed by atoms with Gasteiger partial charge in [-0.1, -0.05) is 97.1 Å². The molecule has 330 valence electrons. The molecule has 0 fully saturated rings. The topological polar surface area (TPSA) is 13.0 Å². The van der Waals surface area contributed by atoms with E-state index >= 15 is 0 Å². The van der Waals surface area contributed by atoms with E-state index in [-0.39, 0.29) is 0 Å². The Labute approximate surface area is 413 Å². The van der Waals surface area contributed by atoms with Crippen molar-refractivity contribution in [1.29, 1.82) is 0 Å². The molecular formula is C60H46N4S4. The lowest BCUT2D eigenvalue weighted by Crippen LogP contribution is -2.16. The summed E-state index contributed by atoms with van der Waals surface area (Å²) >= 11 is 7.08. The Morgan fingerprint density at radius 3 is 0.691 bits per heavy atom. The summed E-state index contributed by atoms with van der Waals surface area (Å²) in [6.07, 6.45) is 0. The van der Waals surface area contributed by atoms with Crippen molar-refractivity contribution in [2.24, 2.45) is 0 Å². The summed E-state index contributed by atoms with van der Waals surface area (Å²) in [6.45, 7) is 8.91. The van der Waals surface area contributed by atoms with Crippen molar-refractivity contribution in [3.63, 3.8) is 0 Å². The number of anilines is 12. The Morgan fingerprint density at radius 1 is 0.250 bits per heavy atom. The summed E-state index contributed by atoms with van der Waals surface area (Å²) in [5.74, 6) is 0. The van der Waals surface area contributed by atoms with Crippen molar-refractivity contribution in [3.8, 4) is 0 Å². The molecule has 12 aromatic rings.